The fourth-order valence-electron chi connectivity index (χ4n) is 8.58. The van der Waals surface area contributed by atoms with E-state index in [1.54, 1.807) is 13.4 Å². The minimum absolute atomic E-state index is 0.0298. The second-order valence-electron chi connectivity index (χ2n) is 14.2. The van der Waals surface area contributed by atoms with Gasteiger partial charge in [0, 0.05) is 37.9 Å². The molecule has 12 nitrogen and oxygen atoms in total. The number of benzene rings is 3. The van der Waals surface area contributed by atoms with Crippen LogP contribution in [-0.4, -0.2) is 83.1 Å². The molecule has 262 valence electrons. The van der Waals surface area contributed by atoms with Crippen molar-refractivity contribution in [2.24, 2.45) is 5.41 Å². The third kappa shape index (κ3) is 5.54. The number of anilines is 1. The van der Waals surface area contributed by atoms with Gasteiger partial charge in [0.2, 0.25) is 5.91 Å². The maximum absolute atomic E-state index is 14.1. The molecule has 51 heavy (non-hydrogen) atoms. The zero-order chi connectivity index (χ0) is 35.3. The number of aliphatic hydroxyl groups excluding tert-OH is 1. The Balaban J connectivity index is 0.997. The summed E-state index contributed by atoms with van der Waals surface area (Å²) in [6.07, 6.45) is 4.82. The molecular weight excluding hydrogens is 646 g/mol. The maximum atomic E-state index is 14.1. The highest BCUT2D eigenvalue weighted by atomic mass is 16.5. The summed E-state index contributed by atoms with van der Waals surface area (Å²) in [5.74, 6) is 0.992. The first-order chi connectivity index (χ1) is 24.8. The largest absolute Gasteiger partial charge is 0.497 e. The quantitative estimate of drug-likeness (QED) is 0.184. The second-order valence-corrected chi connectivity index (χ2v) is 14.2. The number of hydrogen-bond acceptors (Lipinski definition) is 9. The Labute approximate surface area is 295 Å². The predicted octanol–water partition coefficient (Wildman–Crippen LogP) is 4.41. The van der Waals surface area contributed by atoms with Crippen LogP contribution in [0.25, 0.3) is 22.3 Å². The van der Waals surface area contributed by atoms with Gasteiger partial charge in [-0.3, -0.25) is 4.79 Å². The maximum Gasteiger partial charge on any atom is 0.407 e. The first kappa shape index (κ1) is 32.7. The van der Waals surface area contributed by atoms with Gasteiger partial charge in [-0.05, 0) is 59.2 Å². The third-order valence-corrected chi connectivity index (χ3v) is 11.1. The zero-order valence-electron chi connectivity index (χ0n) is 28.9. The van der Waals surface area contributed by atoms with Crippen molar-refractivity contribution in [1.29, 1.82) is 0 Å². The topological polar surface area (TPSA) is 144 Å². The monoisotopic (exact) mass is 687 g/mol. The smallest absolute Gasteiger partial charge is 0.407 e. The SMILES string of the molecule is COc1ccc(C[C@H](NC(=O)OCC2c3ccccc3-c3ccccc32)C(=O)N[C@@H]2C[C@]3(CO)C[C@]3(n3cnc4c(N(C)C)ncnc43)C2)cc1. The molecule has 8 rings (SSSR count). The molecule has 0 aliphatic heterocycles. The molecule has 5 aromatic rings. The molecule has 3 aromatic carbocycles. The summed E-state index contributed by atoms with van der Waals surface area (Å²) in [5.41, 5.74) is 5.88. The van der Waals surface area contributed by atoms with Crippen molar-refractivity contribution >= 4 is 29.0 Å². The van der Waals surface area contributed by atoms with Crippen LogP contribution in [0.4, 0.5) is 10.6 Å². The van der Waals surface area contributed by atoms with Crippen LogP contribution in [0.1, 0.15) is 41.9 Å². The van der Waals surface area contributed by atoms with E-state index < -0.39 is 23.1 Å². The van der Waals surface area contributed by atoms with Gasteiger partial charge >= 0.3 is 6.09 Å². The van der Waals surface area contributed by atoms with Crippen molar-refractivity contribution in [2.75, 3.05) is 39.3 Å². The van der Waals surface area contributed by atoms with Crippen molar-refractivity contribution in [3.63, 3.8) is 0 Å². The van der Waals surface area contributed by atoms with Crippen LogP contribution >= 0.6 is 0 Å². The fraction of sp³-hybridized carbons (Fsp3) is 0.359. The number of methoxy groups -OCH3 is 1. The van der Waals surface area contributed by atoms with Gasteiger partial charge in [0.15, 0.2) is 17.0 Å². The number of aliphatic hydroxyl groups is 1. The molecule has 4 atom stereocenters. The van der Waals surface area contributed by atoms with Crippen LogP contribution in [0.3, 0.4) is 0 Å². The predicted molar refractivity (Wildman–Crippen MR) is 192 cm³/mol. The van der Waals surface area contributed by atoms with E-state index in [2.05, 4.69) is 54.4 Å². The summed E-state index contributed by atoms with van der Waals surface area (Å²) in [7, 11) is 5.42. The Morgan fingerprint density at radius 3 is 2.35 bits per heavy atom. The van der Waals surface area contributed by atoms with Gasteiger partial charge in [-0.2, -0.15) is 0 Å². The number of nitrogens with zero attached hydrogens (tertiary/aromatic N) is 5. The van der Waals surface area contributed by atoms with E-state index in [0.717, 1.165) is 34.2 Å². The van der Waals surface area contributed by atoms with E-state index in [1.165, 1.54) is 6.33 Å². The van der Waals surface area contributed by atoms with Gasteiger partial charge in [0.25, 0.3) is 0 Å². The highest BCUT2D eigenvalue weighted by Gasteiger charge is 2.73. The number of amides is 2. The summed E-state index contributed by atoms with van der Waals surface area (Å²) < 4.78 is 13.2. The molecule has 3 aliphatic carbocycles. The van der Waals surface area contributed by atoms with Gasteiger partial charge in [-0.1, -0.05) is 60.7 Å². The van der Waals surface area contributed by atoms with Crippen LogP contribution < -0.4 is 20.3 Å². The Bertz CT molecular complexity index is 2070. The van der Waals surface area contributed by atoms with Gasteiger partial charge in [0.05, 0.1) is 25.6 Å². The summed E-state index contributed by atoms with van der Waals surface area (Å²) in [6.45, 7) is 0.108. The van der Waals surface area contributed by atoms with E-state index in [-0.39, 0.29) is 37.5 Å². The normalized spacial score (nSPS) is 22.1. The molecular formula is C39H41N7O5. The first-order valence-corrected chi connectivity index (χ1v) is 17.3. The lowest BCUT2D eigenvalue weighted by molar-refractivity contribution is -0.123. The second kappa shape index (κ2) is 12.7. The molecule has 2 aromatic heterocycles. The van der Waals surface area contributed by atoms with Crippen molar-refractivity contribution in [3.05, 3.63) is 102 Å². The van der Waals surface area contributed by atoms with Gasteiger partial charge in [0.1, 0.15) is 24.7 Å². The van der Waals surface area contributed by atoms with E-state index in [4.69, 9.17) is 9.47 Å². The van der Waals surface area contributed by atoms with Crippen molar-refractivity contribution < 1.29 is 24.2 Å². The number of alkyl carbamates (subject to hydrolysis) is 1. The molecule has 0 spiro atoms. The van der Waals surface area contributed by atoms with Crippen LogP contribution in [0.5, 0.6) is 5.75 Å². The van der Waals surface area contributed by atoms with E-state index in [9.17, 15) is 14.7 Å². The number of carbonyl (C=O) groups is 2. The number of hydrogen-bond donors (Lipinski definition) is 3. The lowest BCUT2D eigenvalue weighted by Crippen LogP contribution is -2.51. The van der Waals surface area contributed by atoms with Crippen LogP contribution in [-0.2, 0) is 21.5 Å². The summed E-state index contributed by atoms with van der Waals surface area (Å²) >= 11 is 0. The average Bonchev–Trinajstić information content (AvgIpc) is 3.42. The molecule has 0 saturated heterocycles. The van der Waals surface area contributed by atoms with Crippen LogP contribution in [0.2, 0.25) is 0 Å². The van der Waals surface area contributed by atoms with Gasteiger partial charge in [-0.15, -0.1) is 0 Å². The lowest BCUT2D eigenvalue weighted by Gasteiger charge is -2.24. The highest BCUT2D eigenvalue weighted by Crippen LogP contribution is 2.71. The van der Waals surface area contributed by atoms with Crippen molar-refractivity contribution in [3.8, 4) is 16.9 Å². The minimum atomic E-state index is -0.906. The van der Waals surface area contributed by atoms with E-state index >= 15 is 0 Å². The van der Waals surface area contributed by atoms with Gasteiger partial charge in [-0.25, -0.2) is 19.7 Å². The summed E-state index contributed by atoms with van der Waals surface area (Å²) in [5, 5.41) is 16.8. The number of fused-ring (bicyclic) bond motifs is 5. The van der Waals surface area contributed by atoms with Crippen molar-refractivity contribution in [2.45, 2.75) is 49.2 Å². The molecule has 0 bridgehead atoms. The molecule has 2 heterocycles. The lowest BCUT2D eigenvalue weighted by atomic mass is 9.98. The molecule has 2 saturated carbocycles. The highest BCUT2D eigenvalue weighted by molar-refractivity contribution is 5.87. The fourth-order valence-corrected chi connectivity index (χ4v) is 8.58. The van der Waals surface area contributed by atoms with Crippen molar-refractivity contribution in [1.82, 2.24) is 30.2 Å². The molecule has 0 radical (unpaired) electrons. The molecule has 2 fully saturated rings. The van der Waals surface area contributed by atoms with Crippen LogP contribution in [0, 0.1) is 5.41 Å². The van der Waals surface area contributed by atoms with Crippen LogP contribution in [0.15, 0.2) is 85.5 Å². The summed E-state index contributed by atoms with van der Waals surface area (Å²) in [6, 6.07) is 22.6. The van der Waals surface area contributed by atoms with E-state index in [1.807, 2.05) is 67.5 Å². The number of rotatable bonds is 11. The number of imidazole rings is 1. The molecule has 12 heteroatoms. The Kier molecular flexibility index (Phi) is 8.13. The van der Waals surface area contributed by atoms with Gasteiger partial charge < -0.3 is 34.7 Å². The number of carbonyl (C=O) groups excluding carboxylic acids is 2. The molecule has 3 aliphatic rings. The molecule has 3 N–H and O–H groups in total. The Morgan fingerprint density at radius 2 is 1.69 bits per heavy atom. The third-order valence-electron chi connectivity index (χ3n) is 11.1. The summed E-state index contributed by atoms with van der Waals surface area (Å²) in [4.78, 5) is 43.0. The zero-order valence-corrected chi connectivity index (χ0v) is 28.9. The number of nitrogens with one attached hydrogen (secondary N) is 2. The first-order valence-electron chi connectivity index (χ1n) is 17.3. The minimum Gasteiger partial charge on any atom is -0.497 e. The number of aromatic nitrogens is 4. The molecule has 0 unspecified atom stereocenters. The molecule has 2 amide bonds. The average molecular weight is 688 g/mol. The van der Waals surface area contributed by atoms with E-state index in [0.29, 0.717) is 35.6 Å². The standard InChI is InChI=1S/C39H41N7O5/c1-45(2)34-33-35(41-22-40-34)46(23-42-33)39-18-25(17-38(39,20-39)21-47)43-36(48)32(16-24-12-14-26(50-3)15-13-24)44-37(49)51-19-31-29-10-6-4-8-27(29)28-9-5-7-11-30(28)31/h4-15,22-23,25,31-32,47H,16-21H2,1-3H3,(H,43,48)(H,44,49)/t25-,32+,38-,39-/m1/s1. The Morgan fingerprint density at radius 1 is 0.980 bits per heavy atom. The number of ether oxygens (including phenoxy) is 2. The Hall–Kier alpha value is -5.49.